The third-order valence-corrected chi connectivity index (χ3v) is 4.18. The number of carbonyl (C=O) groups excluding carboxylic acids is 1. The van der Waals surface area contributed by atoms with Crippen molar-refractivity contribution < 1.29 is 19.4 Å². The van der Waals surface area contributed by atoms with Crippen molar-refractivity contribution in [2.75, 3.05) is 6.61 Å². The molecule has 1 aliphatic carbocycles. The number of aryl methyl sites for hydroxylation is 1. The number of rotatable bonds is 3. The van der Waals surface area contributed by atoms with Gasteiger partial charge >= 0.3 is 5.97 Å². The molecule has 19 heavy (non-hydrogen) atoms. The lowest BCUT2D eigenvalue weighted by Gasteiger charge is -2.38. The van der Waals surface area contributed by atoms with Crippen LogP contribution in [0.2, 0.25) is 0 Å². The molecule has 3 rings (SSSR count). The number of morpholine rings is 1. The minimum atomic E-state index is -1.05. The number of hydrogen-bond donors (Lipinski definition) is 1. The molecule has 2 heterocycles. The number of amides is 1. The van der Waals surface area contributed by atoms with Gasteiger partial charge in [-0.15, -0.1) is 11.3 Å². The van der Waals surface area contributed by atoms with E-state index in [-0.39, 0.29) is 18.6 Å². The lowest BCUT2D eigenvalue weighted by molar-refractivity contribution is -0.174. The maximum atomic E-state index is 12.0. The number of thiazole rings is 1. The molecular formula is C12H14N2O4S. The molecule has 1 aromatic heterocycles. The van der Waals surface area contributed by atoms with Crippen LogP contribution in [0.15, 0.2) is 5.38 Å². The van der Waals surface area contributed by atoms with E-state index in [0.29, 0.717) is 5.69 Å². The van der Waals surface area contributed by atoms with Gasteiger partial charge in [-0.25, -0.2) is 9.78 Å². The van der Waals surface area contributed by atoms with Gasteiger partial charge in [0.05, 0.1) is 10.7 Å². The Balaban J connectivity index is 1.99. The maximum absolute atomic E-state index is 12.0. The van der Waals surface area contributed by atoms with Gasteiger partial charge in [0.1, 0.15) is 12.6 Å². The summed E-state index contributed by atoms with van der Waals surface area (Å²) in [5.74, 6) is -1.19. The first-order valence-electron chi connectivity index (χ1n) is 6.15. The number of aromatic nitrogens is 1. The highest BCUT2D eigenvalue weighted by Crippen LogP contribution is 2.39. The number of nitrogens with zero attached hydrogens (tertiary/aromatic N) is 2. The predicted octanol–water partition coefficient (Wildman–Crippen LogP) is 0.967. The second kappa shape index (κ2) is 4.57. The molecule has 1 aromatic rings. The Hall–Kier alpha value is -1.47. The smallest absolute Gasteiger partial charge is 0.335 e. The number of hydrogen-bond acceptors (Lipinski definition) is 5. The minimum absolute atomic E-state index is 0.143. The van der Waals surface area contributed by atoms with Crippen molar-refractivity contribution in [3.05, 3.63) is 16.1 Å². The molecule has 0 spiro atoms. The molecule has 1 saturated carbocycles. The fraction of sp³-hybridized carbons (Fsp3) is 0.583. The molecule has 2 fully saturated rings. The molecule has 0 aromatic carbocycles. The summed E-state index contributed by atoms with van der Waals surface area (Å²) in [5, 5.41) is 12.0. The first-order valence-corrected chi connectivity index (χ1v) is 7.03. The van der Waals surface area contributed by atoms with E-state index in [1.807, 2.05) is 12.3 Å². The van der Waals surface area contributed by atoms with Crippen molar-refractivity contribution in [1.29, 1.82) is 0 Å². The van der Waals surface area contributed by atoms with E-state index < -0.39 is 18.1 Å². The minimum Gasteiger partial charge on any atom is -0.479 e. The van der Waals surface area contributed by atoms with E-state index >= 15 is 0 Å². The quantitative estimate of drug-likeness (QED) is 0.893. The lowest BCUT2D eigenvalue weighted by Crippen LogP contribution is -2.52. The van der Waals surface area contributed by atoms with Crippen LogP contribution in [0.1, 0.15) is 29.6 Å². The molecular weight excluding hydrogens is 268 g/mol. The van der Waals surface area contributed by atoms with E-state index in [2.05, 4.69) is 4.98 Å². The van der Waals surface area contributed by atoms with Crippen molar-refractivity contribution in [3.63, 3.8) is 0 Å². The summed E-state index contributed by atoms with van der Waals surface area (Å²) < 4.78 is 5.21. The molecule has 2 unspecified atom stereocenters. The number of carboxylic acid groups (broad SMARTS) is 1. The van der Waals surface area contributed by atoms with Crippen molar-refractivity contribution in [2.24, 2.45) is 0 Å². The van der Waals surface area contributed by atoms with Crippen LogP contribution in [0.5, 0.6) is 0 Å². The molecule has 102 valence electrons. The Morgan fingerprint density at radius 3 is 2.84 bits per heavy atom. The van der Waals surface area contributed by atoms with Crippen LogP contribution in [0.3, 0.4) is 0 Å². The topological polar surface area (TPSA) is 79.7 Å². The summed E-state index contributed by atoms with van der Waals surface area (Å²) in [4.78, 5) is 29.4. The molecule has 6 nitrogen and oxygen atoms in total. The lowest BCUT2D eigenvalue weighted by atomic mass is 10.0. The van der Waals surface area contributed by atoms with Gasteiger partial charge < -0.3 is 14.7 Å². The second-order valence-corrected chi connectivity index (χ2v) is 5.90. The van der Waals surface area contributed by atoms with Gasteiger partial charge in [0.15, 0.2) is 6.10 Å². The van der Waals surface area contributed by atoms with Gasteiger partial charge in [0.25, 0.3) is 0 Å². The van der Waals surface area contributed by atoms with Gasteiger partial charge in [0.2, 0.25) is 5.91 Å². The molecule has 1 saturated heterocycles. The zero-order valence-electron chi connectivity index (χ0n) is 10.4. The second-order valence-electron chi connectivity index (χ2n) is 4.84. The van der Waals surface area contributed by atoms with Crippen LogP contribution in [-0.2, 0) is 14.3 Å². The third kappa shape index (κ3) is 2.23. The molecule has 1 amide bonds. The Bertz CT molecular complexity index is 526. The Morgan fingerprint density at radius 1 is 1.58 bits per heavy atom. The van der Waals surface area contributed by atoms with Crippen LogP contribution >= 0.6 is 11.3 Å². The highest BCUT2D eigenvalue weighted by Gasteiger charge is 2.48. The first kappa shape index (κ1) is 12.6. The molecule has 2 aliphatic rings. The van der Waals surface area contributed by atoms with E-state index in [9.17, 15) is 14.7 Å². The normalized spacial score (nSPS) is 27.6. The van der Waals surface area contributed by atoms with Crippen LogP contribution in [0, 0.1) is 6.92 Å². The number of ether oxygens (including phenoxy) is 1. The van der Waals surface area contributed by atoms with Crippen LogP contribution in [0.4, 0.5) is 0 Å². The monoisotopic (exact) mass is 282 g/mol. The SMILES string of the molecule is Cc1nc(C2C(C(=O)O)OCC(=O)N2C2CC2)cs1. The fourth-order valence-corrected chi connectivity index (χ4v) is 3.07. The molecule has 1 aliphatic heterocycles. The van der Waals surface area contributed by atoms with Gasteiger partial charge in [-0.1, -0.05) is 0 Å². The molecule has 0 bridgehead atoms. The van der Waals surface area contributed by atoms with Gasteiger partial charge in [-0.3, -0.25) is 4.79 Å². The summed E-state index contributed by atoms with van der Waals surface area (Å²) in [7, 11) is 0. The van der Waals surface area contributed by atoms with Crippen molar-refractivity contribution >= 4 is 23.2 Å². The zero-order valence-corrected chi connectivity index (χ0v) is 11.2. The van der Waals surface area contributed by atoms with Gasteiger partial charge in [-0.05, 0) is 19.8 Å². The molecule has 2 atom stereocenters. The van der Waals surface area contributed by atoms with Crippen LogP contribution in [0.25, 0.3) is 0 Å². The average molecular weight is 282 g/mol. The summed E-state index contributed by atoms with van der Waals surface area (Å²) >= 11 is 1.45. The molecule has 0 radical (unpaired) electrons. The number of aliphatic carboxylic acids is 1. The Labute approximate surface area is 114 Å². The van der Waals surface area contributed by atoms with Crippen molar-refractivity contribution in [2.45, 2.75) is 38.0 Å². The van der Waals surface area contributed by atoms with Crippen LogP contribution < -0.4 is 0 Å². The van der Waals surface area contributed by atoms with E-state index in [1.54, 1.807) is 4.90 Å². The highest BCUT2D eigenvalue weighted by atomic mass is 32.1. The third-order valence-electron chi connectivity index (χ3n) is 3.38. The molecule has 1 N–H and O–H groups in total. The average Bonchev–Trinajstić information content (AvgIpc) is 3.10. The van der Waals surface area contributed by atoms with E-state index in [4.69, 9.17) is 4.74 Å². The summed E-state index contributed by atoms with van der Waals surface area (Å²) in [5.41, 5.74) is 0.620. The highest BCUT2D eigenvalue weighted by molar-refractivity contribution is 7.09. The van der Waals surface area contributed by atoms with Crippen molar-refractivity contribution in [1.82, 2.24) is 9.88 Å². The van der Waals surface area contributed by atoms with Crippen LogP contribution in [-0.4, -0.2) is 45.6 Å². The van der Waals surface area contributed by atoms with Gasteiger partial charge in [0, 0.05) is 11.4 Å². The number of carbonyl (C=O) groups is 2. The fourth-order valence-electron chi connectivity index (χ4n) is 2.43. The Kier molecular flexibility index (Phi) is 3.02. The standard InChI is InChI=1S/C12H14N2O4S/c1-6-13-8(5-19-6)10-11(12(16)17)18-4-9(15)14(10)7-2-3-7/h5,7,10-11H,2-4H2,1H3,(H,16,17). The molecule has 7 heteroatoms. The van der Waals surface area contributed by atoms with E-state index in [1.165, 1.54) is 11.3 Å². The summed E-state index contributed by atoms with van der Waals surface area (Å²) in [6, 6.07) is -0.457. The first-order chi connectivity index (χ1) is 9.08. The Morgan fingerprint density at radius 2 is 2.32 bits per heavy atom. The van der Waals surface area contributed by atoms with Crippen molar-refractivity contribution in [3.8, 4) is 0 Å². The zero-order chi connectivity index (χ0) is 13.6. The number of carboxylic acids is 1. The van der Waals surface area contributed by atoms with Gasteiger partial charge in [-0.2, -0.15) is 0 Å². The summed E-state index contributed by atoms with van der Waals surface area (Å²) in [6.45, 7) is 1.70. The van der Waals surface area contributed by atoms with E-state index in [0.717, 1.165) is 17.8 Å². The summed E-state index contributed by atoms with van der Waals surface area (Å²) in [6.07, 6.45) is 0.829. The largest absolute Gasteiger partial charge is 0.479 e. The predicted molar refractivity (Wildman–Crippen MR) is 66.8 cm³/mol. The maximum Gasteiger partial charge on any atom is 0.335 e.